The average molecular weight is 266 g/mol. The summed E-state index contributed by atoms with van der Waals surface area (Å²) in [5.74, 6) is -3.39. The number of hydrogen-bond acceptors (Lipinski definition) is 2. The van der Waals surface area contributed by atoms with Crippen LogP contribution in [0.1, 0.15) is 12.8 Å². The van der Waals surface area contributed by atoms with Crippen molar-refractivity contribution in [2.45, 2.75) is 25.2 Å². The summed E-state index contributed by atoms with van der Waals surface area (Å²) >= 11 is 0. The molecule has 102 valence electrons. The fourth-order valence-corrected chi connectivity index (χ4v) is 0.936. The van der Waals surface area contributed by atoms with Crippen LogP contribution in [0.3, 0.4) is 0 Å². The third kappa shape index (κ3) is 7.83. The first-order valence-corrected chi connectivity index (χ1v) is 4.59. The van der Waals surface area contributed by atoms with E-state index in [4.69, 9.17) is 11.1 Å². The van der Waals surface area contributed by atoms with E-state index in [9.17, 15) is 26.3 Å². The minimum atomic E-state index is -4.73. The van der Waals surface area contributed by atoms with Crippen LogP contribution >= 0.6 is 0 Å². The molecule has 0 bridgehead atoms. The van der Waals surface area contributed by atoms with Gasteiger partial charge in [0.15, 0.2) is 0 Å². The molecule has 9 heteroatoms. The van der Waals surface area contributed by atoms with Crippen molar-refractivity contribution in [1.82, 2.24) is 0 Å². The fourth-order valence-electron chi connectivity index (χ4n) is 0.936. The van der Waals surface area contributed by atoms with Gasteiger partial charge in [-0.2, -0.15) is 26.3 Å². The van der Waals surface area contributed by atoms with Gasteiger partial charge in [-0.15, -0.1) is 0 Å². The smallest absolute Gasteiger partial charge is 0.387 e. The van der Waals surface area contributed by atoms with E-state index < -0.39 is 50.2 Å². The number of alkyl halides is 6. The second kappa shape index (κ2) is 6.08. The first-order valence-electron chi connectivity index (χ1n) is 4.59. The highest BCUT2D eigenvalue weighted by atomic mass is 19.4. The zero-order valence-electron chi connectivity index (χ0n) is 8.66. The normalized spacial score (nSPS) is 14.7. The van der Waals surface area contributed by atoms with Crippen molar-refractivity contribution in [2.75, 3.05) is 13.2 Å². The lowest BCUT2D eigenvalue weighted by molar-refractivity contribution is -0.170. The Morgan fingerprint density at radius 3 is 2.06 bits per heavy atom. The molecule has 1 atom stereocenters. The molecule has 0 aliphatic carbocycles. The molecule has 0 saturated heterocycles. The largest absolute Gasteiger partial charge is 0.400 e. The van der Waals surface area contributed by atoms with Gasteiger partial charge in [-0.3, -0.25) is 5.41 Å². The minimum Gasteiger partial charge on any atom is -0.387 e. The van der Waals surface area contributed by atoms with Crippen LogP contribution in [0.25, 0.3) is 0 Å². The second-order valence-electron chi connectivity index (χ2n) is 3.34. The van der Waals surface area contributed by atoms with Crippen LogP contribution in [0.4, 0.5) is 26.3 Å². The first kappa shape index (κ1) is 16.0. The summed E-state index contributed by atoms with van der Waals surface area (Å²) in [7, 11) is 0. The Morgan fingerprint density at radius 1 is 1.18 bits per heavy atom. The monoisotopic (exact) mass is 266 g/mol. The second-order valence-corrected chi connectivity index (χ2v) is 3.34. The average Bonchev–Trinajstić information content (AvgIpc) is 2.05. The number of rotatable bonds is 6. The molecule has 1 unspecified atom stereocenters. The summed E-state index contributed by atoms with van der Waals surface area (Å²) in [6.07, 6.45) is -10.6. The van der Waals surface area contributed by atoms with Gasteiger partial charge in [0.2, 0.25) is 0 Å². The molecule has 0 amide bonds. The van der Waals surface area contributed by atoms with Crippen LogP contribution in [0.15, 0.2) is 0 Å². The number of halogens is 6. The SMILES string of the molecule is N=C(N)C(COCCCC(F)(F)F)C(F)(F)F. The lowest BCUT2D eigenvalue weighted by Gasteiger charge is -2.18. The standard InChI is InChI=1S/C8H12F6N2O/c9-7(10,11)2-1-3-17-4-5(6(15)16)8(12,13)14/h5H,1-4H2,(H3,15,16). The molecule has 0 aromatic heterocycles. The summed E-state index contributed by atoms with van der Waals surface area (Å²) in [5, 5.41) is 6.68. The van der Waals surface area contributed by atoms with Crippen molar-refractivity contribution in [2.24, 2.45) is 11.7 Å². The predicted octanol–water partition coefficient (Wildman–Crippen LogP) is 2.46. The Hall–Kier alpha value is -0.990. The summed E-state index contributed by atoms with van der Waals surface area (Å²) < 4.78 is 76.0. The van der Waals surface area contributed by atoms with Crippen LogP contribution in [0, 0.1) is 11.3 Å². The molecule has 3 N–H and O–H groups in total. The molecule has 0 fully saturated rings. The Labute approximate surface area is 93.4 Å². The molecular formula is C8H12F6N2O. The van der Waals surface area contributed by atoms with Gasteiger partial charge in [-0.25, -0.2) is 0 Å². The maximum atomic E-state index is 12.2. The Kier molecular flexibility index (Phi) is 5.73. The van der Waals surface area contributed by atoms with Crippen LogP contribution in [-0.4, -0.2) is 31.4 Å². The molecule has 0 radical (unpaired) electrons. The molecule has 0 aliphatic heterocycles. The Balaban J connectivity index is 3.90. The van der Waals surface area contributed by atoms with E-state index in [1.165, 1.54) is 0 Å². The molecule has 0 rings (SSSR count). The maximum Gasteiger partial charge on any atom is 0.400 e. The molecular weight excluding hydrogens is 254 g/mol. The van der Waals surface area contributed by atoms with Crippen molar-refractivity contribution < 1.29 is 31.1 Å². The van der Waals surface area contributed by atoms with Crippen molar-refractivity contribution in [3.8, 4) is 0 Å². The Morgan fingerprint density at radius 2 is 1.71 bits per heavy atom. The van der Waals surface area contributed by atoms with Crippen LogP contribution < -0.4 is 5.73 Å². The summed E-state index contributed by atoms with van der Waals surface area (Å²) in [5.41, 5.74) is 4.71. The topological polar surface area (TPSA) is 59.1 Å². The first-order chi connectivity index (χ1) is 7.54. The van der Waals surface area contributed by atoms with Crippen LogP contribution in [0.5, 0.6) is 0 Å². The lowest BCUT2D eigenvalue weighted by atomic mass is 10.1. The minimum absolute atomic E-state index is 0.425. The molecule has 0 aromatic carbocycles. The summed E-state index contributed by atoms with van der Waals surface area (Å²) in [6.45, 7) is -1.39. The van der Waals surface area contributed by atoms with Crippen molar-refractivity contribution in [3.05, 3.63) is 0 Å². The van der Waals surface area contributed by atoms with E-state index in [1.54, 1.807) is 0 Å². The zero-order valence-corrected chi connectivity index (χ0v) is 8.66. The van der Waals surface area contributed by atoms with Gasteiger partial charge in [-0.05, 0) is 6.42 Å². The quantitative estimate of drug-likeness (QED) is 0.336. The highest BCUT2D eigenvalue weighted by molar-refractivity contribution is 5.80. The molecule has 0 saturated carbocycles. The third-order valence-corrected chi connectivity index (χ3v) is 1.80. The molecule has 0 spiro atoms. The number of nitrogens with one attached hydrogen (secondary N) is 1. The molecule has 0 heterocycles. The zero-order chi connectivity index (χ0) is 13.7. The van der Waals surface area contributed by atoms with Gasteiger partial charge in [0.1, 0.15) is 11.8 Å². The Bertz CT molecular complexity index is 249. The summed E-state index contributed by atoms with van der Waals surface area (Å²) in [4.78, 5) is 0. The van der Waals surface area contributed by atoms with Crippen molar-refractivity contribution in [1.29, 1.82) is 5.41 Å². The van der Waals surface area contributed by atoms with Gasteiger partial charge in [0.05, 0.1) is 6.61 Å². The summed E-state index contributed by atoms with van der Waals surface area (Å²) in [6, 6.07) is 0. The molecule has 0 aliphatic rings. The number of nitrogens with two attached hydrogens (primary N) is 1. The van der Waals surface area contributed by atoms with Gasteiger partial charge in [-0.1, -0.05) is 0 Å². The highest BCUT2D eigenvalue weighted by Crippen LogP contribution is 2.26. The molecule has 17 heavy (non-hydrogen) atoms. The highest BCUT2D eigenvalue weighted by Gasteiger charge is 2.42. The van der Waals surface area contributed by atoms with Crippen LogP contribution in [0.2, 0.25) is 0 Å². The van der Waals surface area contributed by atoms with Gasteiger partial charge in [0, 0.05) is 13.0 Å². The molecule has 0 aromatic rings. The fraction of sp³-hybridized carbons (Fsp3) is 0.875. The third-order valence-electron chi connectivity index (χ3n) is 1.80. The maximum absolute atomic E-state index is 12.2. The van der Waals surface area contributed by atoms with Crippen LogP contribution in [-0.2, 0) is 4.74 Å². The van der Waals surface area contributed by atoms with E-state index in [0.717, 1.165) is 0 Å². The van der Waals surface area contributed by atoms with E-state index in [2.05, 4.69) is 4.74 Å². The predicted molar refractivity (Wildman–Crippen MR) is 47.6 cm³/mol. The van der Waals surface area contributed by atoms with Gasteiger partial charge < -0.3 is 10.5 Å². The van der Waals surface area contributed by atoms with Gasteiger partial charge in [0.25, 0.3) is 0 Å². The number of hydrogen-bond donors (Lipinski definition) is 2. The van der Waals surface area contributed by atoms with E-state index in [1.807, 2.05) is 0 Å². The van der Waals surface area contributed by atoms with E-state index in [0.29, 0.717) is 0 Å². The van der Waals surface area contributed by atoms with Crippen molar-refractivity contribution >= 4 is 5.84 Å². The lowest BCUT2D eigenvalue weighted by Crippen LogP contribution is -2.38. The molecule has 3 nitrogen and oxygen atoms in total. The van der Waals surface area contributed by atoms with Gasteiger partial charge >= 0.3 is 12.4 Å². The van der Waals surface area contributed by atoms with Crippen molar-refractivity contribution in [3.63, 3.8) is 0 Å². The number of ether oxygens (including phenoxy) is 1. The van der Waals surface area contributed by atoms with E-state index >= 15 is 0 Å². The number of amidine groups is 1. The van der Waals surface area contributed by atoms with E-state index in [-0.39, 0.29) is 0 Å².